The van der Waals surface area contributed by atoms with E-state index in [0.29, 0.717) is 18.3 Å². The third-order valence-electron chi connectivity index (χ3n) is 2.95. The molecule has 0 radical (unpaired) electrons. The van der Waals surface area contributed by atoms with E-state index in [2.05, 4.69) is 26.0 Å². The predicted octanol–water partition coefficient (Wildman–Crippen LogP) is 4.35. The fraction of sp³-hybridized carbons (Fsp3) is 0.769. The van der Waals surface area contributed by atoms with Crippen molar-refractivity contribution in [2.45, 2.75) is 45.6 Å². The standard InChI is InChI=1S/C8H10O2.C4H10.CH2Cl2/c9-5-10-8-4-6-1-2-7(8)3-6;1-3-4-2;2-1-3/h1-2,5-8H,3-4H2;3-4H2,1-2H3;1H2. The number of unbranched alkanes of at least 4 members (excludes halogenated alkanes) is 1. The van der Waals surface area contributed by atoms with Crippen LogP contribution >= 0.6 is 23.2 Å². The minimum atomic E-state index is 0.187. The summed E-state index contributed by atoms with van der Waals surface area (Å²) in [5, 5.41) is 0.194. The summed E-state index contributed by atoms with van der Waals surface area (Å²) in [4.78, 5) is 9.99. The molecule has 0 saturated heterocycles. The first-order valence-electron chi connectivity index (χ1n) is 6.12. The normalized spacial score (nSPS) is 27.6. The quantitative estimate of drug-likeness (QED) is 0.436. The minimum absolute atomic E-state index is 0.187. The Morgan fingerprint density at radius 2 is 1.82 bits per heavy atom. The molecule has 100 valence electrons. The number of alkyl halides is 2. The maximum atomic E-state index is 9.99. The average Bonchev–Trinajstić information content (AvgIpc) is 2.93. The second-order valence-corrected chi connectivity index (χ2v) is 4.96. The van der Waals surface area contributed by atoms with Crippen LogP contribution in [-0.4, -0.2) is 17.9 Å². The van der Waals surface area contributed by atoms with Crippen LogP contribution in [0.5, 0.6) is 0 Å². The van der Waals surface area contributed by atoms with Crippen molar-refractivity contribution in [3.63, 3.8) is 0 Å². The molecule has 17 heavy (non-hydrogen) atoms. The molecule has 0 amide bonds. The fourth-order valence-corrected chi connectivity index (χ4v) is 1.96. The van der Waals surface area contributed by atoms with Gasteiger partial charge in [0.05, 0.1) is 5.34 Å². The van der Waals surface area contributed by atoms with Gasteiger partial charge in [-0.15, -0.1) is 23.2 Å². The molecule has 2 aliphatic rings. The van der Waals surface area contributed by atoms with Gasteiger partial charge in [-0.3, -0.25) is 4.79 Å². The summed E-state index contributed by atoms with van der Waals surface area (Å²) in [5.74, 6) is 1.21. The van der Waals surface area contributed by atoms with Crippen LogP contribution in [0.3, 0.4) is 0 Å². The second-order valence-electron chi connectivity index (χ2n) is 4.15. The molecular weight excluding hydrogens is 259 g/mol. The zero-order valence-corrected chi connectivity index (χ0v) is 12.1. The number of fused-ring (bicyclic) bond motifs is 2. The van der Waals surface area contributed by atoms with Crippen LogP contribution in [0.1, 0.15) is 39.5 Å². The Labute approximate surface area is 114 Å². The fourth-order valence-electron chi connectivity index (χ4n) is 1.96. The average molecular weight is 281 g/mol. The molecule has 3 unspecified atom stereocenters. The van der Waals surface area contributed by atoms with Gasteiger partial charge in [0, 0.05) is 5.92 Å². The van der Waals surface area contributed by atoms with Gasteiger partial charge >= 0.3 is 0 Å². The zero-order chi connectivity index (χ0) is 13.1. The molecule has 2 nitrogen and oxygen atoms in total. The van der Waals surface area contributed by atoms with E-state index >= 15 is 0 Å². The van der Waals surface area contributed by atoms with E-state index in [4.69, 9.17) is 27.9 Å². The molecule has 0 heterocycles. The highest BCUT2D eigenvalue weighted by molar-refractivity contribution is 6.40. The smallest absolute Gasteiger partial charge is 0.293 e. The van der Waals surface area contributed by atoms with E-state index in [1.807, 2.05) is 0 Å². The van der Waals surface area contributed by atoms with Crippen molar-refractivity contribution in [3.8, 4) is 0 Å². The van der Waals surface area contributed by atoms with Gasteiger partial charge < -0.3 is 4.74 Å². The Morgan fingerprint density at radius 1 is 1.24 bits per heavy atom. The second kappa shape index (κ2) is 10.9. The molecule has 0 spiro atoms. The Morgan fingerprint density at radius 3 is 2.12 bits per heavy atom. The summed E-state index contributed by atoms with van der Waals surface area (Å²) in [6.07, 6.45) is 9.46. The highest BCUT2D eigenvalue weighted by atomic mass is 35.5. The number of hydrogen-bond acceptors (Lipinski definition) is 2. The van der Waals surface area contributed by atoms with E-state index < -0.39 is 0 Å². The molecule has 2 bridgehead atoms. The van der Waals surface area contributed by atoms with Gasteiger partial charge in [0.2, 0.25) is 0 Å². The van der Waals surface area contributed by atoms with Crippen LogP contribution in [-0.2, 0) is 9.53 Å². The SMILES string of the molecule is CCCC.ClCCl.O=COC1CC2C=CC1C2. The third-order valence-corrected chi connectivity index (χ3v) is 2.95. The van der Waals surface area contributed by atoms with Crippen molar-refractivity contribution in [1.82, 2.24) is 0 Å². The number of allylic oxidation sites excluding steroid dienone is 1. The first-order valence-corrected chi connectivity index (χ1v) is 7.19. The van der Waals surface area contributed by atoms with Crippen LogP contribution in [0, 0.1) is 11.8 Å². The lowest BCUT2D eigenvalue weighted by atomic mass is 10.1. The number of ether oxygens (including phenoxy) is 1. The number of carbonyl (C=O) groups excluding carboxylic acids is 1. The van der Waals surface area contributed by atoms with Gasteiger partial charge in [-0.25, -0.2) is 0 Å². The van der Waals surface area contributed by atoms with E-state index in [9.17, 15) is 4.79 Å². The number of carbonyl (C=O) groups is 1. The Hall–Kier alpha value is -0.210. The van der Waals surface area contributed by atoms with Crippen LogP contribution in [0.25, 0.3) is 0 Å². The summed E-state index contributed by atoms with van der Waals surface area (Å²) in [7, 11) is 0. The van der Waals surface area contributed by atoms with Gasteiger partial charge in [0.25, 0.3) is 6.47 Å². The largest absolute Gasteiger partial charge is 0.464 e. The zero-order valence-electron chi connectivity index (χ0n) is 10.6. The summed E-state index contributed by atoms with van der Waals surface area (Å²) >= 11 is 9.53. The number of hydrogen-bond donors (Lipinski definition) is 0. The van der Waals surface area contributed by atoms with Crippen LogP contribution < -0.4 is 0 Å². The number of halogens is 2. The molecule has 1 fully saturated rings. The Bertz CT molecular complexity index is 217. The highest BCUT2D eigenvalue weighted by Crippen LogP contribution is 2.40. The lowest BCUT2D eigenvalue weighted by Crippen LogP contribution is -2.16. The summed E-state index contributed by atoms with van der Waals surface area (Å²) < 4.78 is 4.90. The molecule has 0 N–H and O–H groups in total. The lowest BCUT2D eigenvalue weighted by molar-refractivity contribution is -0.134. The van der Waals surface area contributed by atoms with Crippen molar-refractivity contribution < 1.29 is 9.53 Å². The summed E-state index contributed by atoms with van der Waals surface area (Å²) in [5.41, 5.74) is 0. The van der Waals surface area contributed by atoms with Crippen LogP contribution in [0.15, 0.2) is 12.2 Å². The van der Waals surface area contributed by atoms with E-state index in [0.717, 1.165) is 6.42 Å². The minimum Gasteiger partial charge on any atom is -0.464 e. The molecule has 0 aliphatic heterocycles. The molecule has 0 aromatic heterocycles. The van der Waals surface area contributed by atoms with Crippen LogP contribution in [0.4, 0.5) is 0 Å². The van der Waals surface area contributed by atoms with Crippen molar-refractivity contribution in [2.24, 2.45) is 11.8 Å². The van der Waals surface area contributed by atoms with Gasteiger partial charge in [-0.1, -0.05) is 38.8 Å². The predicted molar refractivity (Wildman–Crippen MR) is 73.4 cm³/mol. The molecule has 1 saturated carbocycles. The van der Waals surface area contributed by atoms with Crippen molar-refractivity contribution in [1.29, 1.82) is 0 Å². The number of rotatable bonds is 3. The first-order chi connectivity index (χ1) is 8.23. The van der Waals surface area contributed by atoms with Gasteiger partial charge in [0.15, 0.2) is 0 Å². The highest BCUT2D eigenvalue weighted by Gasteiger charge is 2.36. The third kappa shape index (κ3) is 6.95. The lowest BCUT2D eigenvalue weighted by Gasteiger charge is -2.14. The molecular formula is C13H22Cl2O2. The summed E-state index contributed by atoms with van der Waals surface area (Å²) in [6, 6.07) is 0. The van der Waals surface area contributed by atoms with Crippen molar-refractivity contribution >= 4 is 29.7 Å². The van der Waals surface area contributed by atoms with Crippen molar-refractivity contribution in [2.75, 3.05) is 5.34 Å². The molecule has 0 aromatic carbocycles. The maximum Gasteiger partial charge on any atom is 0.293 e. The maximum absolute atomic E-state index is 9.99. The van der Waals surface area contributed by atoms with E-state index in [-0.39, 0.29) is 11.4 Å². The van der Waals surface area contributed by atoms with E-state index in [1.165, 1.54) is 19.3 Å². The summed E-state index contributed by atoms with van der Waals surface area (Å²) in [6.45, 7) is 4.93. The Kier molecular flexibility index (Phi) is 10.8. The molecule has 2 rings (SSSR count). The van der Waals surface area contributed by atoms with Crippen LogP contribution in [0.2, 0.25) is 0 Å². The molecule has 3 atom stereocenters. The monoisotopic (exact) mass is 280 g/mol. The molecule has 2 aliphatic carbocycles. The van der Waals surface area contributed by atoms with Gasteiger partial charge in [0.1, 0.15) is 6.10 Å². The molecule has 4 heteroatoms. The van der Waals surface area contributed by atoms with Gasteiger partial charge in [-0.05, 0) is 18.8 Å². The molecule has 0 aromatic rings. The van der Waals surface area contributed by atoms with Gasteiger partial charge in [-0.2, -0.15) is 0 Å². The first kappa shape index (κ1) is 16.8. The topological polar surface area (TPSA) is 26.3 Å². The Balaban J connectivity index is 0.000000311. The van der Waals surface area contributed by atoms with E-state index in [1.54, 1.807) is 0 Å². The van der Waals surface area contributed by atoms with Crippen molar-refractivity contribution in [3.05, 3.63) is 12.2 Å².